The predicted octanol–water partition coefficient (Wildman–Crippen LogP) is 7.79. The third-order valence-corrected chi connectivity index (χ3v) is 9.59. The van der Waals surface area contributed by atoms with Gasteiger partial charge in [0.15, 0.2) is 5.78 Å². The molecule has 0 N–H and O–H groups in total. The van der Waals surface area contributed by atoms with Crippen LogP contribution in [0.15, 0.2) is 110 Å². The normalized spacial score (nSPS) is 10.8. The van der Waals surface area contributed by atoms with E-state index in [0.717, 1.165) is 45.5 Å². The molecule has 0 bridgehead atoms. The van der Waals surface area contributed by atoms with Crippen LogP contribution in [0.3, 0.4) is 0 Å². The Labute approximate surface area is 372 Å². The number of carbonyl (C=O) groups excluding carboxylic acids is 7. The first-order valence-corrected chi connectivity index (χ1v) is 20.3. The summed E-state index contributed by atoms with van der Waals surface area (Å²) < 4.78 is 36.3. The van der Waals surface area contributed by atoms with Crippen LogP contribution in [0, 0.1) is 12.3 Å². The van der Waals surface area contributed by atoms with E-state index in [-0.39, 0.29) is 71.1 Å². The van der Waals surface area contributed by atoms with E-state index in [2.05, 4.69) is 13.2 Å². The summed E-state index contributed by atoms with van der Waals surface area (Å²) in [6, 6.07) is 25.5. The zero-order chi connectivity index (χ0) is 46.6. The minimum Gasteiger partial charge on any atom is -0.496 e. The van der Waals surface area contributed by atoms with Crippen LogP contribution in [0.1, 0.15) is 72.1 Å². The van der Waals surface area contributed by atoms with Gasteiger partial charge in [-0.3, -0.25) is 24.0 Å². The van der Waals surface area contributed by atoms with Crippen molar-refractivity contribution in [3.05, 3.63) is 138 Å². The van der Waals surface area contributed by atoms with Crippen molar-refractivity contribution in [1.29, 1.82) is 0 Å². The molecule has 0 saturated heterocycles. The largest absolute Gasteiger partial charge is 0.496 e. The summed E-state index contributed by atoms with van der Waals surface area (Å²) in [6.07, 6.45) is 1.32. The first kappa shape index (κ1) is 49.3. The lowest BCUT2D eigenvalue weighted by molar-refractivity contribution is -0.154. The fourth-order valence-corrected chi connectivity index (χ4v) is 5.89. The van der Waals surface area contributed by atoms with E-state index in [4.69, 9.17) is 33.2 Å². The highest BCUT2D eigenvalue weighted by atomic mass is 16.6. The number of methoxy groups -OCH3 is 1. The second-order valence-electron chi connectivity index (χ2n) is 15.2. The topological polar surface area (TPSA) is 184 Å². The first-order chi connectivity index (χ1) is 30.6. The number of hydrogen-bond acceptors (Lipinski definition) is 14. The molecule has 14 nitrogen and oxygen atoms in total. The van der Waals surface area contributed by atoms with Crippen molar-refractivity contribution in [3.63, 3.8) is 0 Å². The average Bonchev–Trinajstić information content (AvgIpc) is 3.31. The molecule has 0 atom stereocenters. The van der Waals surface area contributed by atoms with Crippen molar-refractivity contribution in [2.24, 2.45) is 5.41 Å². The molecule has 0 amide bonds. The van der Waals surface area contributed by atoms with Crippen molar-refractivity contribution in [1.82, 2.24) is 0 Å². The van der Waals surface area contributed by atoms with Crippen LogP contribution in [0.25, 0.3) is 22.3 Å². The summed E-state index contributed by atoms with van der Waals surface area (Å²) in [5, 5.41) is 0. The smallest absolute Gasteiger partial charge is 0.330 e. The van der Waals surface area contributed by atoms with Crippen molar-refractivity contribution in [2.45, 2.75) is 59.7 Å². The number of hydrogen-bond donors (Lipinski definition) is 0. The highest BCUT2D eigenvalue weighted by molar-refractivity contribution is 6.09. The zero-order valence-electron chi connectivity index (χ0n) is 36.4. The van der Waals surface area contributed by atoms with E-state index < -0.39 is 41.2 Å². The monoisotopic (exact) mass is 876 g/mol. The summed E-state index contributed by atoms with van der Waals surface area (Å²) in [4.78, 5) is 84.9. The SMILES string of the molecule is C=CC(=O)OCCOC(=O)CCC(=O)OCc1cc(-c2ccc(C(=O)c3ccc(-c4ccc(OC)c(COC(=O)CCC(=O)OCC(C)(C)COC(=O)C=C)c4)cc3)cc2)ccc1C. The molecule has 0 fully saturated rings. The van der Waals surface area contributed by atoms with Crippen molar-refractivity contribution >= 4 is 41.6 Å². The molecule has 0 aliphatic heterocycles. The number of esters is 6. The number of ketones is 1. The highest BCUT2D eigenvalue weighted by Crippen LogP contribution is 2.29. The van der Waals surface area contributed by atoms with E-state index in [0.29, 0.717) is 22.4 Å². The number of rotatable bonds is 24. The Kier molecular flexibility index (Phi) is 18.7. The van der Waals surface area contributed by atoms with Crippen LogP contribution >= 0.6 is 0 Å². The van der Waals surface area contributed by atoms with Gasteiger partial charge in [-0.2, -0.15) is 0 Å². The minimum absolute atomic E-state index is 0.00331. The molecule has 4 aromatic carbocycles. The van der Waals surface area contributed by atoms with Crippen LogP contribution in [0.4, 0.5) is 0 Å². The third kappa shape index (κ3) is 15.8. The summed E-state index contributed by atoms with van der Waals surface area (Å²) >= 11 is 0. The molecular weight excluding hydrogens is 825 g/mol. The maximum Gasteiger partial charge on any atom is 0.330 e. The Morgan fingerprint density at radius 3 is 1.47 bits per heavy atom. The summed E-state index contributed by atoms with van der Waals surface area (Å²) in [7, 11) is 1.51. The summed E-state index contributed by atoms with van der Waals surface area (Å²) in [5.74, 6) is -3.23. The van der Waals surface area contributed by atoms with Gasteiger partial charge in [0, 0.05) is 34.3 Å². The number of benzene rings is 4. The standard InChI is InChI=1S/C50H52O14/c1-7-43(51)59-25-26-60-45(53)21-22-46(54)61-29-40-27-38(10-9-33(40)3)34-11-15-36(16-12-34)49(57)37-17-13-35(14-18-37)39-19-20-42(58-6)41(28-39)30-62-47(55)23-24-48(56)64-32-50(4,5)31-63-44(52)8-2/h7-20,27-28H,1-2,21-26,29-32H2,3-6H3. The van der Waals surface area contributed by atoms with Crippen molar-refractivity contribution in [2.75, 3.05) is 33.5 Å². The molecule has 0 unspecified atom stereocenters. The molecule has 0 aliphatic carbocycles. The molecule has 0 aliphatic rings. The molecule has 0 aromatic heterocycles. The van der Waals surface area contributed by atoms with Gasteiger partial charge in [0.25, 0.3) is 0 Å². The number of carbonyl (C=O) groups is 7. The Bertz CT molecular complexity index is 2320. The summed E-state index contributed by atoms with van der Waals surface area (Å²) in [5.41, 5.74) is 5.97. The van der Waals surface area contributed by atoms with Gasteiger partial charge in [-0.15, -0.1) is 0 Å². The minimum atomic E-state index is -0.626. The van der Waals surface area contributed by atoms with Gasteiger partial charge >= 0.3 is 35.8 Å². The molecule has 0 saturated carbocycles. The van der Waals surface area contributed by atoms with Gasteiger partial charge in [0.1, 0.15) is 32.2 Å². The predicted molar refractivity (Wildman–Crippen MR) is 235 cm³/mol. The molecule has 0 radical (unpaired) electrons. The lowest BCUT2D eigenvalue weighted by Gasteiger charge is -2.23. The van der Waals surface area contributed by atoms with Gasteiger partial charge in [0.2, 0.25) is 0 Å². The Morgan fingerprint density at radius 2 is 0.938 bits per heavy atom. The maximum atomic E-state index is 13.5. The molecule has 0 spiro atoms. The fourth-order valence-electron chi connectivity index (χ4n) is 5.89. The molecule has 0 heterocycles. The molecule has 4 aromatic rings. The van der Waals surface area contributed by atoms with Gasteiger partial charge in [-0.05, 0) is 58.5 Å². The van der Waals surface area contributed by atoms with Crippen LogP contribution in [0.2, 0.25) is 0 Å². The number of ether oxygens (including phenoxy) is 7. The quantitative estimate of drug-likeness (QED) is 0.0218. The summed E-state index contributed by atoms with van der Waals surface area (Å²) in [6.45, 7) is 11.7. The van der Waals surface area contributed by atoms with Gasteiger partial charge in [-0.1, -0.05) is 93.7 Å². The van der Waals surface area contributed by atoms with E-state index >= 15 is 0 Å². The van der Waals surface area contributed by atoms with E-state index in [1.54, 1.807) is 44.2 Å². The third-order valence-electron chi connectivity index (χ3n) is 9.59. The van der Waals surface area contributed by atoms with Crippen molar-refractivity contribution < 1.29 is 66.7 Å². The Balaban J connectivity index is 1.28. The van der Waals surface area contributed by atoms with E-state index in [9.17, 15) is 33.6 Å². The highest BCUT2D eigenvalue weighted by Gasteiger charge is 2.23. The zero-order valence-corrected chi connectivity index (χ0v) is 36.4. The van der Waals surface area contributed by atoms with Crippen LogP contribution in [0.5, 0.6) is 5.75 Å². The molecule has 336 valence electrons. The van der Waals surface area contributed by atoms with Crippen molar-refractivity contribution in [3.8, 4) is 28.0 Å². The fraction of sp³-hybridized carbons (Fsp3) is 0.300. The van der Waals surface area contributed by atoms with Gasteiger partial charge in [0.05, 0.1) is 46.0 Å². The van der Waals surface area contributed by atoms with E-state index in [1.807, 2.05) is 61.5 Å². The Hall–Kier alpha value is -7.35. The second kappa shape index (κ2) is 24.3. The molecule has 14 heteroatoms. The van der Waals surface area contributed by atoms with Crippen LogP contribution in [-0.4, -0.2) is 75.1 Å². The molecule has 4 rings (SSSR count). The Morgan fingerprint density at radius 1 is 0.516 bits per heavy atom. The second-order valence-corrected chi connectivity index (χ2v) is 15.2. The molecular formula is C50H52O14. The van der Waals surface area contributed by atoms with Gasteiger partial charge in [-0.25, -0.2) is 9.59 Å². The molecule has 64 heavy (non-hydrogen) atoms. The van der Waals surface area contributed by atoms with E-state index in [1.165, 1.54) is 7.11 Å². The lowest BCUT2D eigenvalue weighted by Crippen LogP contribution is -2.28. The van der Waals surface area contributed by atoms with Crippen LogP contribution in [-0.2, 0) is 70.4 Å². The average molecular weight is 877 g/mol. The van der Waals surface area contributed by atoms with Gasteiger partial charge < -0.3 is 33.2 Å². The number of aryl methyl sites for hydroxylation is 1. The maximum absolute atomic E-state index is 13.5. The lowest BCUT2D eigenvalue weighted by atomic mass is 9.96. The first-order valence-electron chi connectivity index (χ1n) is 20.3. The van der Waals surface area contributed by atoms with Crippen LogP contribution < -0.4 is 4.74 Å².